The van der Waals surface area contributed by atoms with Crippen molar-refractivity contribution in [3.8, 4) is 0 Å². The quantitative estimate of drug-likeness (QED) is 0.438. The van der Waals surface area contributed by atoms with E-state index in [-0.39, 0.29) is 32.0 Å². The number of unbranched alkanes of at least 4 members (excludes halogenated alkanes) is 3. The fourth-order valence-corrected chi connectivity index (χ4v) is 1.52. The third kappa shape index (κ3) is 12.9. The number of carbonyl (C=O) groups is 3. The molecular formula is C14H24O6. The van der Waals surface area contributed by atoms with Gasteiger partial charge in [0.05, 0.1) is 0 Å². The van der Waals surface area contributed by atoms with Gasteiger partial charge in [-0.15, -0.1) is 0 Å². The summed E-state index contributed by atoms with van der Waals surface area (Å²) in [7, 11) is 0. The van der Waals surface area contributed by atoms with Crippen LogP contribution in [0.1, 0.15) is 58.3 Å². The van der Waals surface area contributed by atoms with Crippen LogP contribution in [0.25, 0.3) is 0 Å². The average molecular weight is 288 g/mol. The SMILES string of the molecule is CCCCCC(=O)OCCOC(=O)CCCCC(=O)O. The first-order chi connectivity index (χ1) is 9.56. The summed E-state index contributed by atoms with van der Waals surface area (Å²) < 4.78 is 9.76. The number of hydrogen-bond donors (Lipinski definition) is 1. The van der Waals surface area contributed by atoms with Crippen molar-refractivity contribution in [2.24, 2.45) is 0 Å². The maximum absolute atomic E-state index is 11.2. The molecule has 0 saturated heterocycles. The van der Waals surface area contributed by atoms with Gasteiger partial charge in [-0.25, -0.2) is 0 Å². The molecule has 0 aliphatic heterocycles. The molecule has 0 fully saturated rings. The van der Waals surface area contributed by atoms with E-state index in [4.69, 9.17) is 14.6 Å². The van der Waals surface area contributed by atoms with Crippen LogP contribution in [0.3, 0.4) is 0 Å². The molecule has 0 radical (unpaired) electrons. The van der Waals surface area contributed by atoms with Gasteiger partial charge in [0.1, 0.15) is 13.2 Å². The molecule has 0 aromatic heterocycles. The monoisotopic (exact) mass is 288 g/mol. The summed E-state index contributed by atoms with van der Waals surface area (Å²) in [6.45, 7) is 2.18. The van der Waals surface area contributed by atoms with E-state index in [1.165, 1.54) is 0 Å². The van der Waals surface area contributed by atoms with Crippen LogP contribution in [0.4, 0.5) is 0 Å². The normalized spacial score (nSPS) is 10.1. The Kier molecular flexibility index (Phi) is 11.5. The Morgan fingerprint density at radius 1 is 0.800 bits per heavy atom. The largest absolute Gasteiger partial charge is 0.481 e. The van der Waals surface area contributed by atoms with Gasteiger partial charge in [0.15, 0.2) is 0 Å². The number of hydrogen-bond acceptors (Lipinski definition) is 5. The number of carbonyl (C=O) groups excluding carboxylic acids is 2. The van der Waals surface area contributed by atoms with Gasteiger partial charge < -0.3 is 14.6 Å². The zero-order valence-electron chi connectivity index (χ0n) is 12.1. The molecule has 0 atom stereocenters. The second-order valence-electron chi connectivity index (χ2n) is 4.50. The molecule has 0 spiro atoms. The van der Waals surface area contributed by atoms with Crippen molar-refractivity contribution in [1.29, 1.82) is 0 Å². The van der Waals surface area contributed by atoms with Gasteiger partial charge in [-0.2, -0.15) is 0 Å². The van der Waals surface area contributed by atoms with Crippen LogP contribution in [-0.2, 0) is 23.9 Å². The minimum atomic E-state index is -0.867. The van der Waals surface area contributed by atoms with Gasteiger partial charge in [0.25, 0.3) is 0 Å². The molecular weight excluding hydrogens is 264 g/mol. The molecule has 0 rings (SSSR count). The molecule has 6 heteroatoms. The molecule has 0 unspecified atom stereocenters. The fraction of sp³-hybridized carbons (Fsp3) is 0.786. The molecule has 116 valence electrons. The number of carboxylic acids is 1. The van der Waals surface area contributed by atoms with E-state index in [1.54, 1.807) is 0 Å². The summed E-state index contributed by atoms with van der Waals surface area (Å²) in [5.74, 6) is -1.53. The van der Waals surface area contributed by atoms with Crippen LogP contribution in [-0.4, -0.2) is 36.2 Å². The predicted molar refractivity (Wildman–Crippen MR) is 72.2 cm³/mol. The molecule has 0 aromatic rings. The van der Waals surface area contributed by atoms with Crippen molar-refractivity contribution in [3.05, 3.63) is 0 Å². The second kappa shape index (κ2) is 12.4. The van der Waals surface area contributed by atoms with Gasteiger partial charge in [-0.3, -0.25) is 14.4 Å². The van der Waals surface area contributed by atoms with E-state index in [0.29, 0.717) is 19.3 Å². The highest BCUT2D eigenvalue weighted by molar-refractivity contribution is 5.70. The predicted octanol–water partition coefficient (Wildman–Crippen LogP) is 2.30. The van der Waals surface area contributed by atoms with Crippen molar-refractivity contribution < 1.29 is 29.0 Å². The number of rotatable bonds is 12. The Balaban J connectivity index is 3.38. The summed E-state index contributed by atoms with van der Waals surface area (Å²) in [4.78, 5) is 32.7. The molecule has 1 N–H and O–H groups in total. The first kappa shape index (κ1) is 18.4. The van der Waals surface area contributed by atoms with Gasteiger partial charge >= 0.3 is 17.9 Å². The lowest BCUT2D eigenvalue weighted by atomic mass is 10.2. The summed E-state index contributed by atoms with van der Waals surface area (Å²) >= 11 is 0. The highest BCUT2D eigenvalue weighted by Gasteiger charge is 2.06. The number of ether oxygens (including phenoxy) is 2. The van der Waals surface area contributed by atoms with Crippen molar-refractivity contribution in [3.63, 3.8) is 0 Å². The first-order valence-corrected chi connectivity index (χ1v) is 7.09. The molecule has 6 nitrogen and oxygen atoms in total. The summed E-state index contributed by atoms with van der Waals surface area (Å²) in [6, 6.07) is 0. The Hall–Kier alpha value is -1.59. The van der Waals surface area contributed by atoms with E-state index >= 15 is 0 Å². The van der Waals surface area contributed by atoms with Crippen LogP contribution in [0.15, 0.2) is 0 Å². The molecule has 0 heterocycles. The summed E-state index contributed by atoms with van der Waals surface area (Å²) in [5.41, 5.74) is 0. The minimum absolute atomic E-state index is 0.0529. The van der Waals surface area contributed by atoms with Crippen LogP contribution in [0.2, 0.25) is 0 Å². The van der Waals surface area contributed by atoms with E-state index in [1.807, 2.05) is 0 Å². The lowest BCUT2D eigenvalue weighted by molar-refractivity contribution is -0.152. The van der Waals surface area contributed by atoms with Crippen LogP contribution in [0.5, 0.6) is 0 Å². The molecule has 0 aliphatic carbocycles. The van der Waals surface area contributed by atoms with Gasteiger partial charge in [-0.1, -0.05) is 19.8 Å². The summed E-state index contributed by atoms with van der Waals surface area (Å²) in [5, 5.41) is 8.42. The van der Waals surface area contributed by atoms with Crippen molar-refractivity contribution >= 4 is 17.9 Å². The van der Waals surface area contributed by atoms with Crippen molar-refractivity contribution in [2.45, 2.75) is 58.3 Å². The molecule has 0 aliphatic rings. The first-order valence-electron chi connectivity index (χ1n) is 7.09. The Morgan fingerprint density at radius 2 is 1.25 bits per heavy atom. The lowest BCUT2D eigenvalue weighted by Crippen LogP contribution is -2.13. The van der Waals surface area contributed by atoms with Crippen molar-refractivity contribution in [1.82, 2.24) is 0 Å². The maximum Gasteiger partial charge on any atom is 0.305 e. The average Bonchev–Trinajstić information content (AvgIpc) is 2.40. The van der Waals surface area contributed by atoms with E-state index in [0.717, 1.165) is 19.3 Å². The van der Waals surface area contributed by atoms with E-state index in [2.05, 4.69) is 6.92 Å². The van der Waals surface area contributed by atoms with E-state index in [9.17, 15) is 14.4 Å². The second-order valence-corrected chi connectivity index (χ2v) is 4.50. The maximum atomic E-state index is 11.2. The molecule has 0 aromatic carbocycles. The van der Waals surface area contributed by atoms with Crippen LogP contribution < -0.4 is 0 Å². The van der Waals surface area contributed by atoms with Crippen molar-refractivity contribution in [2.75, 3.05) is 13.2 Å². The minimum Gasteiger partial charge on any atom is -0.481 e. The number of esters is 2. The Bertz CT molecular complexity index is 300. The highest BCUT2D eigenvalue weighted by Crippen LogP contribution is 2.02. The van der Waals surface area contributed by atoms with Gasteiger partial charge in [-0.05, 0) is 19.3 Å². The standard InChI is InChI=1S/C14H24O6/c1-2-3-4-8-13(17)19-10-11-20-14(18)9-6-5-7-12(15)16/h2-11H2,1H3,(H,15,16). The van der Waals surface area contributed by atoms with Gasteiger partial charge in [0.2, 0.25) is 0 Å². The highest BCUT2D eigenvalue weighted by atomic mass is 16.6. The molecule has 0 bridgehead atoms. The summed E-state index contributed by atoms with van der Waals surface area (Å²) in [6.07, 6.45) is 4.46. The smallest absolute Gasteiger partial charge is 0.305 e. The van der Waals surface area contributed by atoms with E-state index < -0.39 is 11.9 Å². The number of carboxylic acid groups (broad SMARTS) is 1. The topological polar surface area (TPSA) is 89.9 Å². The zero-order valence-corrected chi connectivity index (χ0v) is 12.1. The molecule has 0 amide bonds. The third-order valence-electron chi connectivity index (χ3n) is 2.62. The van der Waals surface area contributed by atoms with Crippen LogP contribution in [0, 0.1) is 0 Å². The van der Waals surface area contributed by atoms with Crippen LogP contribution >= 0.6 is 0 Å². The Labute approximate surface area is 119 Å². The van der Waals surface area contributed by atoms with Gasteiger partial charge in [0, 0.05) is 19.3 Å². The zero-order chi connectivity index (χ0) is 15.2. The Morgan fingerprint density at radius 3 is 1.70 bits per heavy atom. The lowest BCUT2D eigenvalue weighted by Gasteiger charge is -2.06. The third-order valence-corrected chi connectivity index (χ3v) is 2.62. The molecule has 0 saturated carbocycles. The molecule has 20 heavy (non-hydrogen) atoms. The number of aliphatic carboxylic acids is 1. The fourth-order valence-electron chi connectivity index (χ4n) is 1.52.